The maximum absolute atomic E-state index is 12.1. The minimum Gasteiger partial charge on any atom is -0.434 e. The number of rotatable bonds is 4. The second-order valence-electron chi connectivity index (χ2n) is 3.10. The van der Waals surface area contributed by atoms with Crippen LogP contribution in [-0.2, 0) is 0 Å². The molecule has 1 rings (SSSR count). The Morgan fingerprint density at radius 1 is 1.53 bits per heavy atom. The molecule has 0 spiro atoms. The zero-order valence-corrected chi connectivity index (χ0v) is 8.65. The number of nitrogens with two attached hydrogens (primary N) is 1. The van der Waals surface area contributed by atoms with Gasteiger partial charge in [0.1, 0.15) is 11.4 Å². The van der Waals surface area contributed by atoms with Gasteiger partial charge in [-0.1, -0.05) is 0 Å². The summed E-state index contributed by atoms with van der Waals surface area (Å²) in [4.78, 5) is 20.8. The number of anilines is 1. The van der Waals surface area contributed by atoms with Crippen molar-refractivity contribution < 1.29 is 23.2 Å². The van der Waals surface area contributed by atoms with Crippen LogP contribution in [0.3, 0.4) is 0 Å². The van der Waals surface area contributed by atoms with Gasteiger partial charge in [-0.3, -0.25) is 14.9 Å². The Balaban J connectivity index is 3.36. The Hall–Kier alpha value is -2.25. The normalized spacial score (nSPS) is 10.4. The van der Waals surface area contributed by atoms with Gasteiger partial charge in [0.25, 0.3) is 5.69 Å². The predicted molar refractivity (Wildman–Crippen MR) is 54.1 cm³/mol. The maximum atomic E-state index is 12.1. The molecule has 1 aromatic carbocycles. The van der Waals surface area contributed by atoms with Gasteiger partial charge in [-0.05, 0) is 13.0 Å². The van der Waals surface area contributed by atoms with E-state index >= 15 is 0 Å². The molecule has 0 unspecified atom stereocenters. The van der Waals surface area contributed by atoms with Gasteiger partial charge in [-0.25, -0.2) is 0 Å². The third kappa shape index (κ3) is 2.86. The predicted octanol–water partition coefficient (Wildman–Crippen LogP) is 1.98. The van der Waals surface area contributed by atoms with Gasteiger partial charge in [-0.2, -0.15) is 8.78 Å². The molecule has 0 bridgehead atoms. The van der Waals surface area contributed by atoms with E-state index < -0.39 is 28.8 Å². The number of hydrogen-bond acceptors (Lipinski definition) is 5. The summed E-state index contributed by atoms with van der Waals surface area (Å²) in [5, 5.41) is 10.5. The topological polar surface area (TPSA) is 95.5 Å². The van der Waals surface area contributed by atoms with Crippen LogP contribution in [0.15, 0.2) is 12.1 Å². The molecule has 92 valence electrons. The smallest absolute Gasteiger partial charge is 0.387 e. The fourth-order valence-corrected chi connectivity index (χ4v) is 1.21. The number of nitrogen functional groups attached to an aromatic ring is 1. The molecule has 6 nitrogen and oxygen atoms in total. The standard InChI is InChI=1S/C9H8F2N2O4/c1-4(14)5-2-6(12)7(13(15)16)3-8(5)17-9(10)11/h2-3,9H,12H2,1H3. The lowest BCUT2D eigenvalue weighted by Crippen LogP contribution is -2.08. The lowest BCUT2D eigenvalue weighted by atomic mass is 10.1. The highest BCUT2D eigenvalue weighted by atomic mass is 19.3. The molecule has 0 fully saturated rings. The first-order valence-corrected chi connectivity index (χ1v) is 4.36. The fourth-order valence-electron chi connectivity index (χ4n) is 1.21. The van der Waals surface area contributed by atoms with Crippen molar-refractivity contribution >= 4 is 17.2 Å². The number of alkyl halides is 2. The van der Waals surface area contributed by atoms with E-state index in [-0.39, 0.29) is 11.3 Å². The lowest BCUT2D eigenvalue weighted by molar-refractivity contribution is -0.384. The van der Waals surface area contributed by atoms with Gasteiger partial charge in [-0.15, -0.1) is 0 Å². The largest absolute Gasteiger partial charge is 0.434 e. The number of nitro benzene ring substituents is 1. The molecule has 1 aromatic rings. The van der Waals surface area contributed by atoms with E-state index in [4.69, 9.17) is 5.73 Å². The van der Waals surface area contributed by atoms with Gasteiger partial charge in [0, 0.05) is 0 Å². The first-order valence-electron chi connectivity index (χ1n) is 4.36. The summed E-state index contributed by atoms with van der Waals surface area (Å²) in [6, 6.07) is 1.65. The zero-order chi connectivity index (χ0) is 13.2. The van der Waals surface area contributed by atoms with Crippen LogP contribution in [0.4, 0.5) is 20.2 Å². The van der Waals surface area contributed by atoms with E-state index in [1.54, 1.807) is 0 Å². The number of Topliss-reactive ketones (excluding diaryl/α,β-unsaturated/α-hetero) is 1. The van der Waals surface area contributed by atoms with E-state index in [1.807, 2.05) is 0 Å². The summed E-state index contributed by atoms with van der Waals surface area (Å²) >= 11 is 0. The molecule has 17 heavy (non-hydrogen) atoms. The highest BCUT2D eigenvalue weighted by Crippen LogP contribution is 2.32. The molecule has 0 aliphatic heterocycles. The highest BCUT2D eigenvalue weighted by molar-refractivity contribution is 5.98. The van der Waals surface area contributed by atoms with Gasteiger partial charge >= 0.3 is 6.61 Å². The number of ether oxygens (including phenoxy) is 1. The molecule has 0 saturated carbocycles. The Morgan fingerprint density at radius 2 is 2.12 bits per heavy atom. The number of ketones is 1. The average Bonchev–Trinajstić information content (AvgIpc) is 2.18. The fraction of sp³-hybridized carbons (Fsp3) is 0.222. The average molecular weight is 246 g/mol. The summed E-state index contributed by atoms with van der Waals surface area (Å²) in [5.74, 6) is -1.14. The summed E-state index contributed by atoms with van der Waals surface area (Å²) in [6.45, 7) is -2.07. The lowest BCUT2D eigenvalue weighted by Gasteiger charge is -2.09. The Morgan fingerprint density at radius 3 is 2.53 bits per heavy atom. The molecule has 0 aromatic heterocycles. The monoisotopic (exact) mass is 246 g/mol. The molecule has 0 aliphatic carbocycles. The number of nitro groups is 1. The summed E-state index contributed by atoms with van der Waals surface area (Å²) in [5.41, 5.74) is 4.21. The minimum atomic E-state index is -3.18. The Labute approximate surface area is 94.1 Å². The SMILES string of the molecule is CC(=O)c1cc(N)c([N+](=O)[O-])cc1OC(F)F. The van der Waals surface area contributed by atoms with Crippen molar-refractivity contribution in [1.29, 1.82) is 0 Å². The Kier molecular flexibility index (Phi) is 3.56. The van der Waals surface area contributed by atoms with Gasteiger partial charge < -0.3 is 10.5 Å². The van der Waals surface area contributed by atoms with E-state index in [1.165, 1.54) is 0 Å². The van der Waals surface area contributed by atoms with E-state index in [2.05, 4.69) is 4.74 Å². The molecular formula is C9H8F2N2O4. The third-order valence-electron chi connectivity index (χ3n) is 1.92. The number of carbonyl (C=O) groups excluding carboxylic acids is 1. The van der Waals surface area contributed by atoms with Crippen molar-refractivity contribution in [2.45, 2.75) is 13.5 Å². The Bertz CT molecular complexity index is 476. The summed E-state index contributed by atoms with van der Waals surface area (Å²) < 4.78 is 28.2. The van der Waals surface area contributed by atoms with Crippen molar-refractivity contribution in [2.75, 3.05) is 5.73 Å². The number of hydrogen-bond donors (Lipinski definition) is 1. The first kappa shape index (κ1) is 12.8. The maximum Gasteiger partial charge on any atom is 0.387 e. The molecule has 0 radical (unpaired) electrons. The van der Waals surface area contributed by atoms with Gasteiger partial charge in [0.05, 0.1) is 16.6 Å². The van der Waals surface area contributed by atoms with Crippen LogP contribution < -0.4 is 10.5 Å². The van der Waals surface area contributed by atoms with Crippen LogP contribution in [0.1, 0.15) is 17.3 Å². The van der Waals surface area contributed by atoms with Crippen molar-refractivity contribution in [3.8, 4) is 5.75 Å². The van der Waals surface area contributed by atoms with Crippen LogP contribution in [0.5, 0.6) is 5.75 Å². The van der Waals surface area contributed by atoms with Crippen molar-refractivity contribution in [2.24, 2.45) is 0 Å². The third-order valence-corrected chi connectivity index (χ3v) is 1.92. The van der Waals surface area contributed by atoms with Crippen molar-refractivity contribution in [3.63, 3.8) is 0 Å². The second kappa shape index (κ2) is 4.73. The molecule has 0 amide bonds. The van der Waals surface area contributed by atoms with E-state index in [0.717, 1.165) is 13.0 Å². The number of carbonyl (C=O) groups is 1. The van der Waals surface area contributed by atoms with Gasteiger partial charge in [0.2, 0.25) is 0 Å². The highest BCUT2D eigenvalue weighted by Gasteiger charge is 2.21. The first-order chi connectivity index (χ1) is 7.82. The zero-order valence-electron chi connectivity index (χ0n) is 8.65. The van der Waals surface area contributed by atoms with E-state index in [0.29, 0.717) is 6.07 Å². The molecule has 8 heteroatoms. The summed E-state index contributed by atoms with van der Waals surface area (Å²) in [7, 11) is 0. The van der Waals surface area contributed by atoms with Crippen LogP contribution in [0.25, 0.3) is 0 Å². The van der Waals surface area contributed by atoms with Crippen LogP contribution in [-0.4, -0.2) is 17.3 Å². The number of halogens is 2. The van der Waals surface area contributed by atoms with E-state index in [9.17, 15) is 23.7 Å². The number of nitrogens with zero attached hydrogens (tertiary/aromatic N) is 1. The molecule has 2 N–H and O–H groups in total. The van der Waals surface area contributed by atoms with Crippen molar-refractivity contribution in [1.82, 2.24) is 0 Å². The minimum absolute atomic E-state index is 0.228. The molecule has 0 aliphatic rings. The van der Waals surface area contributed by atoms with Crippen LogP contribution >= 0.6 is 0 Å². The second-order valence-corrected chi connectivity index (χ2v) is 3.10. The molecule has 0 heterocycles. The van der Waals surface area contributed by atoms with Crippen LogP contribution in [0.2, 0.25) is 0 Å². The molecular weight excluding hydrogens is 238 g/mol. The van der Waals surface area contributed by atoms with Crippen LogP contribution in [0, 0.1) is 10.1 Å². The summed E-state index contributed by atoms with van der Waals surface area (Å²) in [6.07, 6.45) is 0. The van der Waals surface area contributed by atoms with Crippen molar-refractivity contribution in [3.05, 3.63) is 27.8 Å². The van der Waals surface area contributed by atoms with Gasteiger partial charge in [0.15, 0.2) is 5.78 Å². The quantitative estimate of drug-likeness (QED) is 0.379. The molecule has 0 atom stereocenters. The number of benzene rings is 1. The molecule has 0 saturated heterocycles.